The molecular weight excluding hydrogens is 256 g/mol. The zero-order valence-corrected chi connectivity index (χ0v) is 12.2. The van der Waals surface area contributed by atoms with Gasteiger partial charge < -0.3 is 5.73 Å². The molecule has 1 unspecified atom stereocenters. The predicted molar refractivity (Wildman–Crippen MR) is 78.8 cm³/mol. The maximum Gasteiger partial charge on any atom is 0.115 e. The number of rotatable bonds is 6. The molecule has 0 spiro atoms. The maximum absolute atomic E-state index is 5.97. The van der Waals surface area contributed by atoms with Crippen LogP contribution < -0.4 is 5.73 Å². The van der Waals surface area contributed by atoms with Gasteiger partial charge in [-0.1, -0.05) is 6.07 Å². The van der Waals surface area contributed by atoms with Gasteiger partial charge >= 0.3 is 0 Å². The van der Waals surface area contributed by atoms with Crippen LogP contribution >= 0.6 is 11.3 Å². The van der Waals surface area contributed by atoms with E-state index in [1.54, 1.807) is 23.9 Å². The third-order valence-corrected chi connectivity index (χ3v) is 4.01. The fraction of sp³-hybridized carbons (Fsp3) is 0.429. The second-order valence-electron chi connectivity index (χ2n) is 4.73. The fourth-order valence-corrected chi connectivity index (χ4v) is 2.87. The second-order valence-corrected chi connectivity index (χ2v) is 5.76. The van der Waals surface area contributed by atoms with Gasteiger partial charge in [0.1, 0.15) is 6.33 Å². The van der Waals surface area contributed by atoms with Crippen LogP contribution in [0, 0.1) is 0 Å². The third kappa shape index (κ3) is 3.59. The minimum atomic E-state index is 0.130. The molecule has 0 amide bonds. The summed E-state index contributed by atoms with van der Waals surface area (Å²) in [4.78, 5) is 12.1. The summed E-state index contributed by atoms with van der Waals surface area (Å²) in [6, 6.07) is 6.73. The van der Waals surface area contributed by atoms with Crippen molar-refractivity contribution in [1.82, 2.24) is 14.9 Å². The molecule has 2 heterocycles. The highest BCUT2D eigenvalue weighted by molar-refractivity contribution is 7.09. The molecule has 0 aromatic carbocycles. The minimum absolute atomic E-state index is 0.130. The average Bonchev–Trinajstić information content (AvgIpc) is 2.92. The topological polar surface area (TPSA) is 55.0 Å². The molecule has 102 valence electrons. The van der Waals surface area contributed by atoms with Crippen LogP contribution in [-0.4, -0.2) is 27.5 Å². The molecule has 0 bridgehead atoms. The first-order valence-corrected chi connectivity index (χ1v) is 7.34. The van der Waals surface area contributed by atoms with Crippen LogP contribution in [0.4, 0.5) is 0 Å². The highest BCUT2D eigenvalue weighted by Gasteiger charge is 2.23. The quantitative estimate of drug-likeness (QED) is 0.880. The van der Waals surface area contributed by atoms with Crippen molar-refractivity contribution in [3.05, 3.63) is 46.7 Å². The Morgan fingerprint density at radius 1 is 1.37 bits per heavy atom. The van der Waals surface area contributed by atoms with Crippen molar-refractivity contribution in [2.75, 3.05) is 6.54 Å². The number of aromatic nitrogens is 2. The molecule has 19 heavy (non-hydrogen) atoms. The molecule has 0 aliphatic rings. The van der Waals surface area contributed by atoms with Crippen LogP contribution in [0.3, 0.4) is 0 Å². The summed E-state index contributed by atoms with van der Waals surface area (Å²) in [5, 5.41) is 2.11. The van der Waals surface area contributed by atoms with Crippen molar-refractivity contribution in [3.63, 3.8) is 0 Å². The van der Waals surface area contributed by atoms with E-state index in [-0.39, 0.29) is 6.04 Å². The Morgan fingerprint density at radius 3 is 2.74 bits per heavy atom. The van der Waals surface area contributed by atoms with Crippen molar-refractivity contribution < 1.29 is 0 Å². The van der Waals surface area contributed by atoms with Gasteiger partial charge in [0.25, 0.3) is 0 Å². The monoisotopic (exact) mass is 276 g/mol. The Hall–Kier alpha value is -1.30. The zero-order chi connectivity index (χ0) is 13.7. The molecule has 2 rings (SSSR count). The summed E-state index contributed by atoms with van der Waals surface area (Å²) >= 11 is 1.78. The smallest absolute Gasteiger partial charge is 0.115 e. The largest absolute Gasteiger partial charge is 0.329 e. The van der Waals surface area contributed by atoms with Gasteiger partial charge in [0.15, 0.2) is 0 Å². The number of hydrogen-bond acceptors (Lipinski definition) is 5. The Bertz CT molecular complexity index is 469. The summed E-state index contributed by atoms with van der Waals surface area (Å²) in [6.45, 7) is 5.84. The van der Waals surface area contributed by atoms with E-state index < -0.39 is 0 Å². The SMILES string of the molecule is CC(C)N(Cc1cccs1)C(CN)c1ccncn1. The second kappa shape index (κ2) is 6.75. The molecule has 0 saturated carbocycles. The van der Waals surface area contributed by atoms with Crippen molar-refractivity contribution in [2.24, 2.45) is 5.73 Å². The van der Waals surface area contributed by atoms with Gasteiger partial charge in [0.2, 0.25) is 0 Å². The molecule has 2 aromatic rings. The molecular formula is C14H20N4S. The predicted octanol–water partition coefficient (Wildman–Crippen LogP) is 2.45. The summed E-state index contributed by atoms with van der Waals surface area (Å²) in [6.07, 6.45) is 3.36. The molecule has 0 radical (unpaired) electrons. The number of nitrogens with two attached hydrogens (primary N) is 1. The van der Waals surface area contributed by atoms with Crippen molar-refractivity contribution >= 4 is 11.3 Å². The molecule has 0 aliphatic heterocycles. The lowest BCUT2D eigenvalue weighted by Gasteiger charge is -2.33. The van der Waals surface area contributed by atoms with Gasteiger partial charge in [-0.2, -0.15) is 0 Å². The van der Waals surface area contributed by atoms with Crippen LogP contribution in [0.2, 0.25) is 0 Å². The van der Waals surface area contributed by atoms with Crippen LogP contribution in [0.1, 0.15) is 30.5 Å². The highest BCUT2D eigenvalue weighted by Crippen LogP contribution is 2.24. The summed E-state index contributed by atoms with van der Waals surface area (Å²) in [5.74, 6) is 0. The standard InChI is InChI=1S/C14H20N4S/c1-11(2)18(9-12-4-3-7-19-12)14(8-15)13-5-6-16-10-17-13/h3-7,10-11,14H,8-9,15H2,1-2H3. The number of thiophene rings is 1. The van der Waals surface area contributed by atoms with Crippen molar-refractivity contribution in [3.8, 4) is 0 Å². The van der Waals surface area contributed by atoms with Crippen molar-refractivity contribution in [2.45, 2.75) is 32.5 Å². The van der Waals surface area contributed by atoms with Gasteiger partial charge in [-0.3, -0.25) is 4.90 Å². The lowest BCUT2D eigenvalue weighted by atomic mass is 10.1. The summed E-state index contributed by atoms with van der Waals surface area (Å²) < 4.78 is 0. The van der Waals surface area contributed by atoms with Gasteiger partial charge in [0, 0.05) is 30.2 Å². The Labute approximate surface area is 118 Å². The van der Waals surface area contributed by atoms with Crippen LogP contribution in [0.25, 0.3) is 0 Å². The molecule has 2 aromatic heterocycles. The van der Waals surface area contributed by atoms with Crippen molar-refractivity contribution in [1.29, 1.82) is 0 Å². The van der Waals surface area contributed by atoms with Crippen LogP contribution in [0.15, 0.2) is 36.1 Å². The summed E-state index contributed by atoms with van der Waals surface area (Å²) in [5.41, 5.74) is 6.96. The van der Waals surface area contributed by atoms with E-state index in [2.05, 4.69) is 46.2 Å². The van der Waals surface area contributed by atoms with E-state index in [9.17, 15) is 0 Å². The molecule has 0 fully saturated rings. The Balaban J connectivity index is 2.21. The Morgan fingerprint density at radius 2 is 2.21 bits per heavy atom. The lowest BCUT2D eigenvalue weighted by Crippen LogP contribution is -2.38. The molecule has 0 aliphatic carbocycles. The highest BCUT2D eigenvalue weighted by atomic mass is 32.1. The molecule has 2 N–H and O–H groups in total. The zero-order valence-electron chi connectivity index (χ0n) is 11.4. The van der Waals surface area contributed by atoms with E-state index >= 15 is 0 Å². The van der Waals surface area contributed by atoms with E-state index in [1.807, 2.05) is 6.07 Å². The van der Waals surface area contributed by atoms with Gasteiger partial charge in [-0.25, -0.2) is 9.97 Å². The normalized spacial score (nSPS) is 13.1. The van der Waals surface area contributed by atoms with Gasteiger partial charge in [0.05, 0.1) is 11.7 Å². The van der Waals surface area contributed by atoms with E-state index in [1.165, 1.54) is 4.88 Å². The fourth-order valence-electron chi connectivity index (χ4n) is 2.16. The van der Waals surface area contributed by atoms with E-state index in [0.717, 1.165) is 12.2 Å². The number of nitrogens with zero attached hydrogens (tertiary/aromatic N) is 3. The third-order valence-electron chi connectivity index (χ3n) is 3.15. The Kier molecular flexibility index (Phi) is 5.01. The number of hydrogen-bond donors (Lipinski definition) is 1. The van der Waals surface area contributed by atoms with Crippen LogP contribution in [0.5, 0.6) is 0 Å². The molecule has 1 atom stereocenters. The molecule has 0 saturated heterocycles. The lowest BCUT2D eigenvalue weighted by molar-refractivity contribution is 0.146. The minimum Gasteiger partial charge on any atom is -0.329 e. The molecule has 5 heteroatoms. The van der Waals surface area contributed by atoms with Gasteiger partial charge in [-0.15, -0.1) is 11.3 Å². The van der Waals surface area contributed by atoms with Gasteiger partial charge in [-0.05, 0) is 31.4 Å². The first-order chi connectivity index (χ1) is 9.22. The molecule has 4 nitrogen and oxygen atoms in total. The van der Waals surface area contributed by atoms with Crippen LogP contribution in [-0.2, 0) is 6.54 Å². The maximum atomic E-state index is 5.97. The first-order valence-electron chi connectivity index (χ1n) is 6.46. The van der Waals surface area contributed by atoms with E-state index in [4.69, 9.17) is 5.73 Å². The average molecular weight is 276 g/mol. The first kappa shape index (κ1) is 14.1. The summed E-state index contributed by atoms with van der Waals surface area (Å²) in [7, 11) is 0. The van der Waals surface area contributed by atoms with E-state index in [0.29, 0.717) is 12.6 Å².